The Labute approximate surface area is 115 Å². The molecule has 0 unspecified atom stereocenters. The molecular weight excluding hydrogens is 240 g/mol. The predicted molar refractivity (Wildman–Crippen MR) is 78.1 cm³/mol. The summed E-state index contributed by atoms with van der Waals surface area (Å²) in [5.41, 5.74) is 6.88. The Morgan fingerprint density at radius 1 is 1.16 bits per heavy atom. The molecule has 0 atom stereocenters. The highest BCUT2D eigenvalue weighted by Crippen LogP contribution is 2.23. The van der Waals surface area contributed by atoms with Crippen LogP contribution in [0, 0.1) is 0 Å². The van der Waals surface area contributed by atoms with Crippen molar-refractivity contribution >= 4 is 11.8 Å². The molecule has 1 rings (SSSR count). The van der Waals surface area contributed by atoms with Gasteiger partial charge < -0.3 is 15.8 Å². The average Bonchev–Trinajstić information content (AvgIpc) is 2.25. The van der Waals surface area contributed by atoms with Crippen LogP contribution in [0.5, 0.6) is 0 Å². The van der Waals surface area contributed by atoms with Crippen molar-refractivity contribution in [3.05, 3.63) is 29.8 Å². The van der Waals surface area contributed by atoms with Crippen LogP contribution < -0.4 is 11.1 Å². The van der Waals surface area contributed by atoms with Gasteiger partial charge in [0, 0.05) is 17.6 Å². The van der Waals surface area contributed by atoms with Gasteiger partial charge in [-0.2, -0.15) is 0 Å². The van der Waals surface area contributed by atoms with Crippen molar-refractivity contribution in [2.45, 2.75) is 45.6 Å². The van der Waals surface area contributed by atoms with Gasteiger partial charge in [-0.3, -0.25) is 0 Å². The molecule has 106 valence electrons. The Kier molecular flexibility index (Phi) is 4.45. The maximum absolute atomic E-state index is 11.6. The van der Waals surface area contributed by atoms with Gasteiger partial charge in [-0.15, -0.1) is 0 Å². The summed E-state index contributed by atoms with van der Waals surface area (Å²) in [4.78, 5) is 11.6. The minimum absolute atomic E-state index is 0.176. The van der Waals surface area contributed by atoms with E-state index in [1.165, 1.54) is 0 Å². The zero-order valence-electron chi connectivity index (χ0n) is 12.4. The average molecular weight is 264 g/mol. The Bertz CT molecular complexity index is 430. The van der Waals surface area contributed by atoms with Crippen LogP contribution in [0.4, 0.5) is 10.5 Å². The molecule has 1 amide bonds. The molecule has 0 saturated carbocycles. The maximum Gasteiger partial charge on any atom is 0.407 e. The Morgan fingerprint density at radius 2 is 1.68 bits per heavy atom. The second-order valence-electron chi connectivity index (χ2n) is 6.36. The fourth-order valence-corrected chi connectivity index (χ4v) is 1.64. The number of hydrogen-bond acceptors (Lipinski definition) is 3. The first-order valence-corrected chi connectivity index (χ1v) is 6.43. The van der Waals surface area contributed by atoms with E-state index in [1.807, 2.05) is 45.0 Å². The summed E-state index contributed by atoms with van der Waals surface area (Å²) in [6, 6.07) is 7.69. The predicted octanol–water partition coefficient (Wildman–Crippen LogP) is 3.07. The summed E-state index contributed by atoms with van der Waals surface area (Å²) in [6.07, 6.45) is -0.393. The number of carbonyl (C=O) groups excluding carboxylic acids is 1. The number of alkyl carbamates (subject to hydrolysis) is 1. The summed E-state index contributed by atoms with van der Waals surface area (Å²) >= 11 is 0. The number of amides is 1. The van der Waals surface area contributed by atoms with Crippen LogP contribution >= 0.6 is 0 Å². The van der Waals surface area contributed by atoms with Crippen molar-refractivity contribution < 1.29 is 9.53 Å². The Balaban J connectivity index is 2.60. The van der Waals surface area contributed by atoms with Gasteiger partial charge in [-0.05, 0) is 38.5 Å². The highest BCUT2D eigenvalue weighted by molar-refractivity contribution is 5.67. The molecule has 1 aromatic rings. The van der Waals surface area contributed by atoms with Crippen LogP contribution in [0.3, 0.4) is 0 Å². The first-order chi connectivity index (χ1) is 8.60. The van der Waals surface area contributed by atoms with E-state index in [0.29, 0.717) is 6.54 Å². The zero-order chi connectivity index (χ0) is 14.7. The fourth-order valence-electron chi connectivity index (χ4n) is 1.64. The summed E-state index contributed by atoms with van der Waals surface area (Å²) in [6.45, 7) is 10.2. The van der Waals surface area contributed by atoms with Crippen LogP contribution in [0.15, 0.2) is 24.3 Å². The number of nitrogens with two attached hydrogens (primary N) is 1. The van der Waals surface area contributed by atoms with Gasteiger partial charge >= 0.3 is 6.09 Å². The van der Waals surface area contributed by atoms with E-state index in [4.69, 9.17) is 10.5 Å². The molecule has 0 aliphatic heterocycles. The molecule has 0 aromatic heterocycles. The van der Waals surface area contributed by atoms with Crippen molar-refractivity contribution in [1.82, 2.24) is 5.32 Å². The van der Waals surface area contributed by atoms with Gasteiger partial charge in [0.2, 0.25) is 0 Å². The molecule has 1 aromatic carbocycles. The number of ether oxygens (including phenoxy) is 1. The number of hydrogen-bond donors (Lipinski definition) is 2. The standard InChI is InChI=1S/C15H24N2O2/c1-14(2,3)19-13(18)17-10-15(4,5)11-6-8-12(16)9-7-11/h6-9H,10,16H2,1-5H3,(H,17,18). The Hall–Kier alpha value is -1.71. The lowest BCUT2D eigenvalue weighted by molar-refractivity contribution is 0.0517. The largest absolute Gasteiger partial charge is 0.444 e. The molecule has 0 radical (unpaired) electrons. The number of rotatable bonds is 3. The summed E-state index contributed by atoms with van der Waals surface area (Å²) in [7, 11) is 0. The second kappa shape index (κ2) is 5.51. The molecule has 0 bridgehead atoms. The smallest absolute Gasteiger partial charge is 0.407 e. The third kappa shape index (κ3) is 5.20. The lowest BCUT2D eigenvalue weighted by Crippen LogP contribution is -2.39. The fraction of sp³-hybridized carbons (Fsp3) is 0.533. The molecule has 19 heavy (non-hydrogen) atoms. The van der Waals surface area contributed by atoms with Gasteiger partial charge in [0.15, 0.2) is 0 Å². The van der Waals surface area contributed by atoms with Crippen LogP contribution in [-0.2, 0) is 10.2 Å². The Morgan fingerprint density at radius 3 is 2.16 bits per heavy atom. The van der Waals surface area contributed by atoms with E-state index in [1.54, 1.807) is 0 Å². The van der Waals surface area contributed by atoms with E-state index < -0.39 is 11.7 Å². The number of nitrogens with one attached hydrogen (secondary N) is 1. The van der Waals surface area contributed by atoms with Crippen molar-refractivity contribution in [3.8, 4) is 0 Å². The SMILES string of the molecule is CC(C)(C)OC(=O)NCC(C)(C)c1ccc(N)cc1. The topological polar surface area (TPSA) is 64.3 Å². The van der Waals surface area contributed by atoms with Gasteiger partial charge in [-0.25, -0.2) is 4.79 Å². The minimum Gasteiger partial charge on any atom is -0.444 e. The van der Waals surface area contributed by atoms with Crippen LogP contribution in [0.25, 0.3) is 0 Å². The molecule has 0 aliphatic carbocycles. The zero-order valence-corrected chi connectivity index (χ0v) is 12.4. The molecular formula is C15H24N2O2. The van der Waals surface area contributed by atoms with E-state index >= 15 is 0 Å². The molecule has 0 aliphatic rings. The summed E-state index contributed by atoms with van der Waals surface area (Å²) in [5, 5.41) is 2.80. The molecule has 4 nitrogen and oxygen atoms in total. The van der Waals surface area contributed by atoms with Crippen molar-refractivity contribution in [1.29, 1.82) is 0 Å². The van der Waals surface area contributed by atoms with E-state index in [-0.39, 0.29) is 5.41 Å². The lowest BCUT2D eigenvalue weighted by Gasteiger charge is -2.27. The molecule has 0 fully saturated rings. The minimum atomic E-state index is -0.477. The lowest BCUT2D eigenvalue weighted by atomic mass is 9.84. The highest BCUT2D eigenvalue weighted by atomic mass is 16.6. The molecule has 0 heterocycles. The third-order valence-corrected chi connectivity index (χ3v) is 2.77. The number of carbonyl (C=O) groups is 1. The maximum atomic E-state index is 11.6. The first kappa shape index (κ1) is 15.3. The normalized spacial score (nSPS) is 12.1. The van der Waals surface area contributed by atoms with E-state index in [2.05, 4.69) is 19.2 Å². The van der Waals surface area contributed by atoms with Crippen molar-refractivity contribution in [2.75, 3.05) is 12.3 Å². The van der Waals surface area contributed by atoms with Gasteiger partial charge in [0.25, 0.3) is 0 Å². The van der Waals surface area contributed by atoms with E-state index in [9.17, 15) is 4.79 Å². The monoisotopic (exact) mass is 264 g/mol. The first-order valence-electron chi connectivity index (χ1n) is 6.43. The van der Waals surface area contributed by atoms with Crippen molar-refractivity contribution in [2.24, 2.45) is 0 Å². The summed E-state index contributed by atoms with van der Waals surface area (Å²) < 4.78 is 5.22. The molecule has 4 heteroatoms. The second-order valence-corrected chi connectivity index (χ2v) is 6.36. The van der Waals surface area contributed by atoms with Gasteiger partial charge in [0.05, 0.1) is 0 Å². The van der Waals surface area contributed by atoms with Crippen LogP contribution in [0.2, 0.25) is 0 Å². The van der Waals surface area contributed by atoms with Gasteiger partial charge in [0.1, 0.15) is 5.60 Å². The van der Waals surface area contributed by atoms with Crippen molar-refractivity contribution in [3.63, 3.8) is 0 Å². The molecule has 0 saturated heterocycles. The van der Waals surface area contributed by atoms with E-state index in [0.717, 1.165) is 11.3 Å². The number of nitrogen functional groups attached to an aromatic ring is 1. The third-order valence-electron chi connectivity index (χ3n) is 2.77. The van der Waals surface area contributed by atoms with Crippen LogP contribution in [0.1, 0.15) is 40.2 Å². The molecule has 3 N–H and O–H groups in total. The summed E-state index contributed by atoms with van der Waals surface area (Å²) in [5.74, 6) is 0. The molecule has 0 spiro atoms. The number of anilines is 1. The van der Waals surface area contributed by atoms with Crippen LogP contribution in [-0.4, -0.2) is 18.2 Å². The number of benzene rings is 1. The highest BCUT2D eigenvalue weighted by Gasteiger charge is 2.23. The van der Waals surface area contributed by atoms with Gasteiger partial charge in [-0.1, -0.05) is 26.0 Å². The quantitative estimate of drug-likeness (QED) is 0.825.